The predicted molar refractivity (Wildman–Crippen MR) is 64.4 cm³/mol. The minimum atomic E-state index is -0.314. The van der Waals surface area contributed by atoms with E-state index in [0.29, 0.717) is 23.6 Å². The third-order valence-electron chi connectivity index (χ3n) is 1.75. The van der Waals surface area contributed by atoms with Crippen molar-refractivity contribution >= 4 is 11.6 Å². The molecule has 0 N–H and O–H groups in total. The van der Waals surface area contributed by atoms with E-state index in [-0.39, 0.29) is 11.9 Å². The van der Waals surface area contributed by atoms with E-state index in [1.807, 2.05) is 13.8 Å². The molecule has 1 aromatic rings. The molecule has 86 valence electrons. The molecule has 0 bridgehead atoms. The SMILES string of the molecule is CC(C)Oc1ccc(F)cc1C#CCCCl. The monoisotopic (exact) mass is 240 g/mol. The average Bonchev–Trinajstić information content (AvgIpc) is 2.22. The quantitative estimate of drug-likeness (QED) is 0.580. The lowest BCUT2D eigenvalue weighted by molar-refractivity contribution is 0.241. The van der Waals surface area contributed by atoms with Crippen LogP contribution >= 0.6 is 11.6 Å². The summed E-state index contributed by atoms with van der Waals surface area (Å²) in [6.45, 7) is 3.83. The first-order valence-electron chi connectivity index (χ1n) is 5.14. The summed E-state index contributed by atoms with van der Waals surface area (Å²) in [5, 5.41) is 0. The molecule has 0 aliphatic carbocycles. The minimum absolute atomic E-state index is 0.0408. The Morgan fingerprint density at radius 2 is 2.19 bits per heavy atom. The van der Waals surface area contributed by atoms with Gasteiger partial charge in [0.2, 0.25) is 0 Å². The van der Waals surface area contributed by atoms with Gasteiger partial charge in [0.05, 0.1) is 11.7 Å². The molecule has 0 heterocycles. The molecular weight excluding hydrogens is 227 g/mol. The molecule has 3 heteroatoms. The van der Waals surface area contributed by atoms with Gasteiger partial charge in [0.25, 0.3) is 0 Å². The van der Waals surface area contributed by atoms with E-state index in [0.717, 1.165) is 0 Å². The Labute approximate surface area is 101 Å². The standard InChI is InChI=1S/C13H14ClFO/c1-10(2)16-13-7-6-12(15)9-11(13)5-3-4-8-14/h6-7,9-10H,4,8H2,1-2H3. The summed E-state index contributed by atoms with van der Waals surface area (Å²) in [5.41, 5.74) is 0.568. The predicted octanol–water partition coefficient (Wildman–Crippen LogP) is 3.59. The second-order valence-electron chi connectivity index (χ2n) is 3.55. The van der Waals surface area contributed by atoms with Crippen LogP contribution in [0.3, 0.4) is 0 Å². The molecule has 0 unspecified atom stereocenters. The third kappa shape index (κ3) is 4.12. The molecule has 0 aliphatic heterocycles. The molecule has 16 heavy (non-hydrogen) atoms. The number of benzene rings is 1. The van der Waals surface area contributed by atoms with E-state index in [2.05, 4.69) is 11.8 Å². The summed E-state index contributed by atoms with van der Waals surface area (Å²) in [4.78, 5) is 0. The zero-order valence-corrected chi connectivity index (χ0v) is 10.1. The molecule has 0 fully saturated rings. The molecular formula is C13H14ClFO. The molecule has 1 nitrogen and oxygen atoms in total. The Bertz CT molecular complexity index is 404. The van der Waals surface area contributed by atoms with Gasteiger partial charge in [-0.15, -0.1) is 11.6 Å². The molecule has 0 amide bonds. The van der Waals surface area contributed by atoms with Gasteiger partial charge in [0, 0.05) is 12.3 Å². The van der Waals surface area contributed by atoms with Crippen LogP contribution in [0.1, 0.15) is 25.8 Å². The average molecular weight is 241 g/mol. The smallest absolute Gasteiger partial charge is 0.135 e. The molecule has 0 aromatic heterocycles. The van der Waals surface area contributed by atoms with Gasteiger partial charge in [0.1, 0.15) is 11.6 Å². The second-order valence-corrected chi connectivity index (χ2v) is 3.93. The maximum Gasteiger partial charge on any atom is 0.135 e. The fourth-order valence-electron chi connectivity index (χ4n) is 1.16. The van der Waals surface area contributed by atoms with Crippen molar-refractivity contribution in [1.82, 2.24) is 0 Å². The van der Waals surface area contributed by atoms with E-state index >= 15 is 0 Å². The lowest BCUT2D eigenvalue weighted by Gasteiger charge is -2.11. The highest BCUT2D eigenvalue weighted by atomic mass is 35.5. The molecule has 0 spiro atoms. The van der Waals surface area contributed by atoms with E-state index in [1.54, 1.807) is 6.07 Å². The minimum Gasteiger partial charge on any atom is -0.490 e. The van der Waals surface area contributed by atoms with Crippen molar-refractivity contribution in [2.24, 2.45) is 0 Å². The van der Waals surface area contributed by atoms with Crippen LogP contribution in [0, 0.1) is 17.7 Å². The summed E-state index contributed by atoms with van der Waals surface area (Å²) in [5.74, 6) is 6.50. The van der Waals surface area contributed by atoms with Crippen molar-refractivity contribution in [3.63, 3.8) is 0 Å². The van der Waals surface area contributed by atoms with E-state index < -0.39 is 0 Å². The lowest BCUT2D eigenvalue weighted by Crippen LogP contribution is -2.06. The molecule has 0 radical (unpaired) electrons. The van der Waals surface area contributed by atoms with Crippen LogP contribution in [0.2, 0.25) is 0 Å². The Kier molecular flexibility index (Phi) is 5.14. The van der Waals surface area contributed by atoms with Crippen molar-refractivity contribution < 1.29 is 9.13 Å². The zero-order valence-electron chi connectivity index (χ0n) is 9.39. The number of rotatable bonds is 3. The van der Waals surface area contributed by atoms with Crippen LogP contribution in [0.4, 0.5) is 4.39 Å². The van der Waals surface area contributed by atoms with Gasteiger partial charge < -0.3 is 4.74 Å². The Morgan fingerprint density at radius 1 is 1.44 bits per heavy atom. The van der Waals surface area contributed by atoms with Gasteiger partial charge >= 0.3 is 0 Å². The van der Waals surface area contributed by atoms with E-state index in [9.17, 15) is 4.39 Å². The third-order valence-corrected chi connectivity index (χ3v) is 1.94. The Balaban J connectivity index is 2.95. The number of hydrogen-bond donors (Lipinski definition) is 0. The highest BCUT2D eigenvalue weighted by Gasteiger charge is 2.04. The summed E-state index contributed by atoms with van der Waals surface area (Å²) in [6, 6.07) is 4.34. The zero-order chi connectivity index (χ0) is 12.0. The van der Waals surface area contributed by atoms with Crippen molar-refractivity contribution in [3.8, 4) is 17.6 Å². The number of halogens is 2. The molecule has 0 atom stereocenters. The summed E-state index contributed by atoms with van der Waals surface area (Å²) in [6.07, 6.45) is 0.623. The van der Waals surface area contributed by atoms with Gasteiger partial charge in [-0.3, -0.25) is 0 Å². The fourth-order valence-corrected chi connectivity index (χ4v) is 1.26. The Hall–Kier alpha value is -1.20. The molecule has 0 saturated carbocycles. The molecule has 1 rings (SSSR count). The first-order chi connectivity index (χ1) is 7.63. The van der Waals surface area contributed by atoms with Crippen LogP contribution in [0.25, 0.3) is 0 Å². The van der Waals surface area contributed by atoms with Gasteiger partial charge in [-0.2, -0.15) is 0 Å². The largest absolute Gasteiger partial charge is 0.490 e. The fraction of sp³-hybridized carbons (Fsp3) is 0.385. The highest BCUT2D eigenvalue weighted by Crippen LogP contribution is 2.20. The molecule has 0 aliphatic rings. The van der Waals surface area contributed by atoms with E-state index in [4.69, 9.17) is 16.3 Å². The highest BCUT2D eigenvalue weighted by molar-refractivity contribution is 6.18. The first kappa shape index (κ1) is 12.9. The number of alkyl halides is 1. The van der Waals surface area contributed by atoms with Crippen molar-refractivity contribution in [3.05, 3.63) is 29.6 Å². The maximum absolute atomic E-state index is 13.0. The van der Waals surface area contributed by atoms with Crippen molar-refractivity contribution in [2.45, 2.75) is 26.4 Å². The number of ether oxygens (including phenoxy) is 1. The van der Waals surface area contributed by atoms with Gasteiger partial charge in [0.15, 0.2) is 0 Å². The van der Waals surface area contributed by atoms with Gasteiger partial charge in [-0.25, -0.2) is 4.39 Å². The van der Waals surface area contributed by atoms with Crippen LogP contribution in [-0.2, 0) is 0 Å². The molecule has 0 saturated heterocycles. The Morgan fingerprint density at radius 3 is 2.81 bits per heavy atom. The van der Waals surface area contributed by atoms with Crippen LogP contribution < -0.4 is 4.74 Å². The molecule has 1 aromatic carbocycles. The topological polar surface area (TPSA) is 9.23 Å². The summed E-state index contributed by atoms with van der Waals surface area (Å²) in [7, 11) is 0. The van der Waals surface area contributed by atoms with Crippen LogP contribution in [0.15, 0.2) is 18.2 Å². The van der Waals surface area contributed by atoms with Crippen LogP contribution in [-0.4, -0.2) is 12.0 Å². The second kappa shape index (κ2) is 6.40. The van der Waals surface area contributed by atoms with Crippen LogP contribution in [0.5, 0.6) is 5.75 Å². The van der Waals surface area contributed by atoms with Gasteiger partial charge in [-0.05, 0) is 32.0 Å². The first-order valence-corrected chi connectivity index (χ1v) is 5.68. The maximum atomic E-state index is 13.0. The number of hydrogen-bond acceptors (Lipinski definition) is 1. The lowest BCUT2D eigenvalue weighted by atomic mass is 10.2. The normalized spacial score (nSPS) is 9.81. The van der Waals surface area contributed by atoms with E-state index in [1.165, 1.54) is 12.1 Å². The van der Waals surface area contributed by atoms with Gasteiger partial charge in [-0.1, -0.05) is 11.8 Å². The van der Waals surface area contributed by atoms with Crippen molar-refractivity contribution in [1.29, 1.82) is 0 Å². The summed E-state index contributed by atoms with van der Waals surface area (Å²) >= 11 is 5.52. The summed E-state index contributed by atoms with van der Waals surface area (Å²) < 4.78 is 18.6. The van der Waals surface area contributed by atoms with Crippen molar-refractivity contribution in [2.75, 3.05) is 5.88 Å².